The van der Waals surface area contributed by atoms with Crippen LogP contribution in [0, 0.1) is 0 Å². The summed E-state index contributed by atoms with van der Waals surface area (Å²) in [5.74, 6) is 1.22. The fourth-order valence-corrected chi connectivity index (χ4v) is 4.77. The summed E-state index contributed by atoms with van der Waals surface area (Å²) >= 11 is 11.0. The Morgan fingerprint density at radius 3 is 2.59 bits per heavy atom. The predicted octanol–water partition coefficient (Wildman–Crippen LogP) is 6.13. The summed E-state index contributed by atoms with van der Waals surface area (Å²) in [6, 6.07) is 11.1. The average molecular weight is 496 g/mol. The lowest BCUT2D eigenvalue weighted by Crippen LogP contribution is -2.28. The Hall–Kier alpha value is -1.96. The molecular weight excluding hydrogens is 476 g/mol. The third-order valence-electron chi connectivity index (χ3n) is 4.10. The summed E-state index contributed by atoms with van der Waals surface area (Å²) in [7, 11) is 1.55. The first kappa shape index (κ1) is 21.7. The van der Waals surface area contributed by atoms with Crippen molar-refractivity contribution in [2.75, 3.05) is 20.3 Å². The molecule has 5 nitrogen and oxygen atoms in total. The molecule has 0 aliphatic carbocycles. The molecule has 152 valence electrons. The monoisotopic (exact) mass is 494 g/mol. The lowest BCUT2D eigenvalue weighted by atomic mass is 10.2. The second-order valence-electron chi connectivity index (χ2n) is 5.99. The van der Waals surface area contributed by atoms with Crippen molar-refractivity contribution >= 4 is 62.1 Å². The number of amides is 1. The van der Waals surface area contributed by atoms with E-state index in [0.717, 1.165) is 21.5 Å². The van der Waals surface area contributed by atoms with Crippen molar-refractivity contribution in [3.05, 3.63) is 56.4 Å². The lowest BCUT2D eigenvalue weighted by molar-refractivity contribution is -0.122. The maximum absolute atomic E-state index is 12.9. The largest absolute Gasteiger partial charge is 0.495 e. The van der Waals surface area contributed by atoms with Gasteiger partial charge in [-0.25, -0.2) is 4.99 Å². The van der Waals surface area contributed by atoms with E-state index in [9.17, 15) is 4.79 Å². The van der Waals surface area contributed by atoms with Gasteiger partial charge in [0.1, 0.15) is 11.5 Å². The standard InChI is InChI=1S/C21H20BrClN2O3S/c1-4-25-20(26)18(11-13-10-14(22)12-17(23)19(13)27-3)29-21(25)24-15-6-8-16(9-7-15)28-5-2/h6-12H,4-5H2,1-3H3. The third-order valence-corrected chi connectivity index (χ3v) is 5.85. The van der Waals surface area contributed by atoms with Crippen molar-refractivity contribution in [2.45, 2.75) is 13.8 Å². The van der Waals surface area contributed by atoms with Gasteiger partial charge < -0.3 is 9.47 Å². The highest BCUT2D eigenvalue weighted by Crippen LogP contribution is 2.38. The predicted molar refractivity (Wildman–Crippen MR) is 123 cm³/mol. The molecule has 0 radical (unpaired) electrons. The minimum Gasteiger partial charge on any atom is -0.495 e. The summed E-state index contributed by atoms with van der Waals surface area (Å²) in [5.41, 5.74) is 1.48. The number of thioether (sulfide) groups is 1. The van der Waals surface area contributed by atoms with Crippen LogP contribution in [-0.2, 0) is 4.79 Å². The number of likely N-dealkylation sites (N-methyl/N-ethyl adjacent to an activating group) is 1. The zero-order chi connectivity index (χ0) is 21.0. The second-order valence-corrected chi connectivity index (χ2v) is 8.32. The highest BCUT2D eigenvalue weighted by molar-refractivity contribution is 9.10. The molecule has 1 aliphatic heterocycles. The van der Waals surface area contributed by atoms with Crippen molar-refractivity contribution in [1.29, 1.82) is 0 Å². The van der Waals surface area contributed by atoms with Crippen LogP contribution < -0.4 is 9.47 Å². The van der Waals surface area contributed by atoms with Gasteiger partial charge in [0.25, 0.3) is 5.91 Å². The zero-order valence-electron chi connectivity index (χ0n) is 16.2. The lowest BCUT2D eigenvalue weighted by Gasteiger charge is -2.12. The highest BCUT2D eigenvalue weighted by Gasteiger charge is 2.32. The molecule has 1 aliphatic rings. The SMILES string of the molecule is CCOc1ccc(N=C2SC(=Cc3cc(Br)cc(Cl)c3OC)C(=O)N2CC)cc1. The van der Waals surface area contributed by atoms with Crippen molar-refractivity contribution in [3.63, 3.8) is 0 Å². The Morgan fingerprint density at radius 2 is 1.97 bits per heavy atom. The van der Waals surface area contributed by atoms with Crippen molar-refractivity contribution in [1.82, 2.24) is 4.90 Å². The minimum absolute atomic E-state index is 0.0969. The van der Waals surface area contributed by atoms with Crippen LogP contribution >= 0.6 is 39.3 Å². The van der Waals surface area contributed by atoms with Crippen LogP contribution in [0.3, 0.4) is 0 Å². The number of methoxy groups -OCH3 is 1. The van der Waals surface area contributed by atoms with E-state index >= 15 is 0 Å². The van der Waals surface area contributed by atoms with Crippen molar-refractivity contribution < 1.29 is 14.3 Å². The molecule has 3 rings (SSSR count). The van der Waals surface area contributed by atoms with E-state index in [1.807, 2.05) is 44.2 Å². The molecule has 0 spiro atoms. The van der Waals surface area contributed by atoms with Gasteiger partial charge in [-0.1, -0.05) is 27.5 Å². The van der Waals surface area contributed by atoms with Crippen LogP contribution in [0.1, 0.15) is 19.4 Å². The number of carbonyl (C=O) groups excluding carboxylic acids is 1. The molecule has 1 amide bonds. The summed E-state index contributed by atoms with van der Waals surface area (Å²) in [6.45, 7) is 5.00. The number of rotatable bonds is 6. The van der Waals surface area contributed by atoms with Gasteiger partial charge in [-0.05, 0) is 68.1 Å². The number of benzene rings is 2. The maximum Gasteiger partial charge on any atom is 0.266 e. The van der Waals surface area contributed by atoms with Gasteiger partial charge >= 0.3 is 0 Å². The van der Waals surface area contributed by atoms with Crippen LogP contribution in [0.15, 0.2) is 50.8 Å². The number of aliphatic imine (C=N–C) groups is 1. The van der Waals surface area contributed by atoms with Gasteiger partial charge in [-0.2, -0.15) is 0 Å². The Kier molecular flexibility index (Phi) is 7.27. The number of amidine groups is 1. The molecule has 0 saturated carbocycles. The first-order valence-electron chi connectivity index (χ1n) is 9.02. The Bertz CT molecular complexity index is 977. The van der Waals surface area contributed by atoms with Crippen LogP contribution in [0.25, 0.3) is 6.08 Å². The number of nitrogens with zero attached hydrogens (tertiary/aromatic N) is 2. The Labute approximate surface area is 187 Å². The summed E-state index contributed by atoms with van der Waals surface area (Å²) in [6.07, 6.45) is 1.78. The Morgan fingerprint density at radius 1 is 1.24 bits per heavy atom. The molecule has 1 saturated heterocycles. The van der Waals surface area contributed by atoms with Gasteiger partial charge in [0.15, 0.2) is 5.17 Å². The first-order chi connectivity index (χ1) is 14.0. The maximum atomic E-state index is 12.9. The average Bonchev–Trinajstić information content (AvgIpc) is 2.97. The van der Waals surface area contributed by atoms with Gasteiger partial charge in [-0.3, -0.25) is 9.69 Å². The first-order valence-corrected chi connectivity index (χ1v) is 11.0. The summed E-state index contributed by atoms with van der Waals surface area (Å²) in [5, 5.41) is 1.10. The zero-order valence-corrected chi connectivity index (χ0v) is 19.4. The number of ether oxygens (including phenoxy) is 2. The number of carbonyl (C=O) groups is 1. The van der Waals surface area contributed by atoms with E-state index in [1.165, 1.54) is 11.8 Å². The molecule has 2 aromatic carbocycles. The molecule has 1 fully saturated rings. The third kappa shape index (κ3) is 4.97. The second kappa shape index (κ2) is 9.69. The molecular formula is C21H20BrClN2O3S. The normalized spacial score (nSPS) is 16.7. The van der Waals surface area contributed by atoms with E-state index in [1.54, 1.807) is 24.2 Å². The van der Waals surface area contributed by atoms with Crippen LogP contribution in [0.5, 0.6) is 11.5 Å². The molecule has 0 unspecified atom stereocenters. The Balaban J connectivity index is 1.94. The smallest absolute Gasteiger partial charge is 0.266 e. The molecule has 1 heterocycles. The van der Waals surface area contributed by atoms with Crippen molar-refractivity contribution in [2.24, 2.45) is 4.99 Å². The van der Waals surface area contributed by atoms with Gasteiger partial charge in [0, 0.05) is 16.6 Å². The quantitative estimate of drug-likeness (QED) is 0.452. The van der Waals surface area contributed by atoms with E-state index < -0.39 is 0 Å². The van der Waals surface area contributed by atoms with Gasteiger partial charge in [0.2, 0.25) is 0 Å². The number of hydrogen-bond acceptors (Lipinski definition) is 5. The minimum atomic E-state index is -0.0969. The highest BCUT2D eigenvalue weighted by atomic mass is 79.9. The van der Waals surface area contributed by atoms with E-state index in [2.05, 4.69) is 20.9 Å². The number of hydrogen-bond donors (Lipinski definition) is 0. The molecule has 29 heavy (non-hydrogen) atoms. The molecule has 2 aromatic rings. The fourth-order valence-electron chi connectivity index (χ4n) is 2.81. The van der Waals surface area contributed by atoms with Gasteiger partial charge in [-0.15, -0.1) is 0 Å². The fraction of sp³-hybridized carbons (Fsp3) is 0.238. The molecule has 0 bridgehead atoms. The van der Waals surface area contributed by atoms with Crippen LogP contribution in [0.4, 0.5) is 5.69 Å². The molecule has 0 atom stereocenters. The number of halogens is 2. The summed E-state index contributed by atoms with van der Waals surface area (Å²) in [4.78, 5) is 19.8. The van der Waals surface area contributed by atoms with E-state index in [0.29, 0.717) is 34.0 Å². The molecule has 0 aromatic heterocycles. The molecule has 8 heteroatoms. The van der Waals surface area contributed by atoms with Gasteiger partial charge in [0.05, 0.1) is 29.3 Å². The summed E-state index contributed by atoms with van der Waals surface area (Å²) < 4.78 is 11.7. The molecule has 0 N–H and O–H groups in total. The topological polar surface area (TPSA) is 51.1 Å². The van der Waals surface area contributed by atoms with E-state index in [-0.39, 0.29) is 5.91 Å². The van der Waals surface area contributed by atoms with E-state index in [4.69, 9.17) is 21.1 Å². The van der Waals surface area contributed by atoms with Crippen LogP contribution in [0.2, 0.25) is 5.02 Å². The van der Waals surface area contributed by atoms with Crippen molar-refractivity contribution in [3.8, 4) is 11.5 Å². The van der Waals surface area contributed by atoms with Crippen LogP contribution in [-0.4, -0.2) is 36.2 Å².